The van der Waals surface area contributed by atoms with Gasteiger partial charge < -0.3 is 10.6 Å². The smallest absolute Gasteiger partial charge is 0.226 e. The summed E-state index contributed by atoms with van der Waals surface area (Å²) in [7, 11) is 0. The molecule has 18 heavy (non-hydrogen) atoms. The number of anilines is 2. The second-order valence-corrected chi connectivity index (χ2v) is 5.18. The lowest BCUT2D eigenvalue weighted by Gasteiger charge is -2.34. The molecule has 0 aromatic carbocycles. The SMILES string of the molecule is Cc1nc2c3c(n1)NC(=O)CC3(C)CCC(=O)N2. The largest absolute Gasteiger partial charge is 0.310 e. The lowest BCUT2D eigenvalue weighted by molar-refractivity contribution is -0.119. The molecule has 0 fully saturated rings. The van der Waals surface area contributed by atoms with E-state index in [1.807, 2.05) is 6.92 Å². The molecular weight excluding hydrogens is 232 g/mol. The maximum Gasteiger partial charge on any atom is 0.226 e. The van der Waals surface area contributed by atoms with Crippen LogP contribution in [0.15, 0.2) is 0 Å². The molecule has 1 atom stereocenters. The van der Waals surface area contributed by atoms with Gasteiger partial charge in [-0.2, -0.15) is 0 Å². The number of hydrogen-bond donors (Lipinski definition) is 2. The van der Waals surface area contributed by atoms with Gasteiger partial charge in [0.1, 0.15) is 17.5 Å². The summed E-state index contributed by atoms with van der Waals surface area (Å²) in [5, 5.41) is 5.57. The number of carbonyl (C=O) groups is 2. The van der Waals surface area contributed by atoms with Gasteiger partial charge in [0.05, 0.1) is 0 Å². The third-order valence-electron chi connectivity index (χ3n) is 3.59. The van der Waals surface area contributed by atoms with Crippen LogP contribution in [0.2, 0.25) is 0 Å². The van der Waals surface area contributed by atoms with Gasteiger partial charge in [0, 0.05) is 23.8 Å². The van der Waals surface area contributed by atoms with Gasteiger partial charge in [-0.25, -0.2) is 9.97 Å². The standard InChI is InChI=1S/C12H14N4O2/c1-6-13-10-9-11(14-6)16-8(18)5-12(9,2)4-3-7(17)15-10/h3-5H2,1-2H3,(H2,13,14,15,16,17,18). The molecule has 2 aliphatic rings. The first-order valence-electron chi connectivity index (χ1n) is 5.97. The first-order valence-corrected chi connectivity index (χ1v) is 5.97. The van der Waals surface area contributed by atoms with Crippen LogP contribution in [0.1, 0.15) is 37.6 Å². The van der Waals surface area contributed by atoms with Gasteiger partial charge >= 0.3 is 0 Å². The third kappa shape index (κ3) is 1.56. The van der Waals surface area contributed by atoms with Gasteiger partial charge in [0.2, 0.25) is 11.8 Å². The van der Waals surface area contributed by atoms with Gasteiger partial charge in [-0.1, -0.05) is 6.92 Å². The van der Waals surface area contributed by atoms with Crippen molar-refractivity contribution in [2.24, 2.45) is 0 Å². The molecule has 0 saturated carbocycles. The van der Waals surface area contributed by atoms with E-state index in [0.717, 1.165) is 5.56 Å². The molecule has 6 nitrogen and oxygen atoms in total. The highest BCUT2D eigenvalue weighted by Crippen LogP contribution is 2.44. The van der Waals surface area contributed by atoms with E-state index in [1.54, 1.807) is 6.92 Å². The van der Waals surface area contributed by atoms with E-state index in [2.05, 4.69) is 20.6 Å². The average Bonchev–Trinajstić information content (AvgIpc) is 2.35. The monoisotopic (exact) mass is 246 g/mol. The third-order valence-corrected chi connectivity index (χ3v) is 3.59. The molecule has 0 spiro atoms. The minimum atomic E-state index is -0.361. The van der Waals surface area contributed by atoms with E-state index in [-0.39, 0.29) is 17.2 Å². The normalized spacial score (nSPS) is 25.9. The zero-order valence-corrected chi connectivity index (χ0v) is 10.3. The van der Waals surface area contributed by atoms with Gasteiger partial charge in [-0.05, 0) is 13.3 Å². The Hall–Kier alpha value is -1.98. The molecule has 0 radical (unpaired) electrons. The summed E-state index contributed by atoms with van der Waals surface area (Å²) < 4.78 is 0. The van der Waals surface area contributed by atoms with Crippen molar-refractivity contribution in [3.63, 3.8) is 0 Å². The Kier molecular flexibility index (Phi) is 2.17. The van der Waals surface area contributed by atoms with Crippen molar-refractivity contribution in [2.75, 3.05) is 10.6 Å². The van der Waals surface area contributed by atoms with Crippen molar-refractivity contribution in [1.29, 1.82) is 0 Å². The second kappa shape index (κ2) is 3.51. The fourth-order valence-corrected chi connectivity index (χ4v) is 2.74. The Balaban J connectivity index is 2.27. The van der Waals surface area contributed by atoms with Crippen LogP contribution in [0.5, 0.6) is 0 Å². The van der Waals surface area contributed by atoms with Crippen molar-refractivity contribution >= 4 is 23.5 Å². The summed E-state index contributed by atoms with van der Waals surface area (Å²) >= 11 is 0. The summed E-state index contributed by atoms with van der Waals surface area (Å²) in [5.74, 6) is 1.51. The maximum absolute atomic E-state index is 11.8. The lowest BCUT2D eigenvalue weighted by Crippen LogP contribution is -2.35. The molecule has 1 aromatic heterocycles. The minimum Gasteiger partial charge on any atom is -0.310 e. The van der Waals surface area contributed by atoms with Crippen molar-refractivity contribution in [3.05, 3.63) is 11.4 Å². The molecule has 0 saturated heterocycles. The summed E-state index contributed by atoms with van der Waals surface area (Å²) in [6.45, 7) is 3.74. The highest BCUT2D eigenvalue weighted by atomic mass is 16.2. The first-order chi connectivity index (χ1) is 8.48. The Morgan fingerprint density at radius 1 is 1.11 bits per heavy atom. The fraction of sp³-hybridized carbons (Fsp3) is 0.500. The zero-order valence-electron chi connectivity index (χ0n) is 10.3. The molecule has 2 amide bonds. The van der Waals surface area contributed by atoms with Crippen LogP contribution in [0.4, 0.5) is 11.6 Å². The maximum atomic E-state index is 11.8. The molecule has 3 rings (SSSR count). The number of aryl methyl sites for hydroxylation is 1. The van der Waals surface area contributed by atoms with E-state index in [0.29, 0.717) is 36.7 Å². The van der Waals surface area contributed by atoms with Crippen LogP contribution in [0.25, 0.3) is 0 Å². The highest BCUT2D eigenvalue weighted by molar-refractivity contribution is 5.99. The number of nitrogens with zero attached hydrogens (tertiary/aromatic N) is 2. The van der Waals surface area contributed by atoms with E-state index in [1.165, 1.54) is 0 Å². The minimum absolute atomic E-state index is 0.0524. The van der Waals surface area contributed by atoms with Crippen LogP contribution in [0.3, 0.4) is 0 Å². The lowest BCUT2D eigenvalue weighted by atomic mass is 9.74. The summed E-state index contributed by atoms with van der Waals surface area (Å²) in [6.07, 6.45) is 1.41. The van der Waals surface area contributed by atoms with Gasteiger partial charge in [0.25, 0.3) is 0 Å². The van der Waals surface area contributed by atoms with Crippen LogP contribution < -0.4 is 10.6 Å². The van der Waals surface area contributed by atoms with Crippen molar-refractivity contribution in [2.45, 2.75) is 38.5 Å². The Morgan fingerprint density at radius 2 is 1.72 bits per heavy atom. The molecule has 6 heteroatoms. The average molecular weight is 246 g/mol. The van der Waals surface area contributed by atoms with Crippen molar-refractivity contribution < 1.29 is 9.59 Å². The van der Waals surface area contributed by atoms with Crippen LogP contribution in [-0.4, -0.2) is 21.8 Å². The predicted molar refractivity (Wildman–Crippen MR) is 65.2 cm³/mol. The van der Waals surface area contributed by atoms with Gasteiger partial charge in [-0.15, -0.1) is 0 Å². The Morgan fingerprint density at radius 3 is 2.39 bits per heavy atom. The van der Waals surface area contributed by atoms with Crippen LogP contribution in [0, 0.1) is 6.92 Å². The molecule has 2 aliphatic heterocycles. The number of carbonyl (C=O) groups excluding carboxylic acids is 2. The zero-order chi connectivity index (χ0) is 12.9. The van der Waals surface area contributed by atoms with E-state index < -0.39 is 0 Å². The molecule has 2 N–H and O–H groups in total. The summed E-state index contributed by atoms with van der Waals surface area (Å²) in [4.78, 5) is 32.0. The number of rotatable bonds is 0. The number of hydrogen-bond acceptors (Lipinski definition) is 4. The predicted octanol–water partition coefficient (Wildman–Crippen LogP) is 1.12. The topological polar surface area (TPSA) is 84.0 Å². The van der Waals surface area contributed by atoms with Gasteiger partial charge in [-0.3, -0.25) is 9.59 Å². The van der Waals surface area contributed by atoms with Crippen LogP contribution >= 0.6 is 0 Å². The van der Waals surface area contributed by atoms with E-state index >= 15 is 0 Å². The summed E-state index contributed by atoms with van der Waals surface area (Å²) in [5.41, 5.74) is 0.499. The molecule has 0 bridgehead atoms. The molecular formula is C12H14N4O2. The first kappa shape index (κ1) is 11.1. The quantitative estimate of drug-likeness (QED) is 0.718. The Labute approximate surface area is 104 Å². The van der Waals surface area contributed by atoms with Crippen molar-refractivity contribution in [1.82, 2.24) is 9.97 Å². The molecule has 94 valence electrons. The van der Waals surface area contributed by atoms with Gasteiger partial charge in [0.15, 0.2) is 0 Å². The number of amides is 2. The summed E-state index contributed by atoms with van der Waals surface area (Å²) in [6, 6.07) is 0. The number of aromatic nitrogens is 2. The second-order valence-electron chi connectivity index (χ2n) is 5.18. The molecule has 1 unspecified atom stereocenters. The van der Waals surface area contributed by atoms with Crippen molar-refractivity contribution in [3.8, 4) is 0 Å². The highest BCUT2D eigenvalue weighted by Gasteiger charge is 2.41. The fourth-order valence-electron chi connectivity index (χ4n) is 2.74. The van der Waals surface area contributed by atoms with Crippen LogP contribution in [-0.2, 0) is 15.0 Å². The van der Waals surface area contributed by atoms with E-state index in [4.69, 9.17) is 0 Å². The van der Waals surface area contributed by atoms with E-state index in [9.17, 15) is 9.59 Å². The Bertz CT molecular complexity index is 569. The molecule has 1 aromatic rings. The molecule has 0 aliphatic carbocycles. The molecule has 3 heterocycles. The number of nitrogens with one attached hydrogen (secondary N) is 2.